The second kappa shape index (κ2) is 5.14. The van der Waals surface area contributed by atoms with Gasteiger partial charge in [0.2, 0.25) is 0 Å². The molecule has 0 bridgehead atoms. The summed E-state index contributed by atoms with van der Waals surface area (Å²) >= 11 is 0. The molecule has 0 spiro atoms. The van der Waals surface area contributed by atoms with Crippen LogP contribution in [0.25, 0.3) is 0 Å². The van der Waals surface area contributed by atoms with E-state index in [2.05, 4.69) is 4.18 Å². The van der Waals surface area contributed by atoms with Crippen LogP contribution in [0.4, 0.5) is 0 Å². The van der Waals surface area contributed by atoms with Gasteiger partial charge in [-0.3, -0.25) is 0 Å². The number of carbonyl (C=O) groups is 1. The van der Waals surface area contributed by atoms with Gasteiger partial charge in [0.1, 0.15) is 4.90 Å². The Morgan fingerprint density at radius 2 is 1.76 bits per heavy atom. The van der Waals surface area contributed by atoms with Crippen LogP contribution < -0.4 is 0 Å². The van der Waals surface area contributed by atoms with Gasteiger partial charge < -0.3 is 4.18 Å². The van der Waals surface area contributed by atoms with Crippen molar-refractivity contribution in [2.75, 3.05) is 0 Å². The van der Waals surface area contributed by atoms with Crippen molar-refractivity contribution >= 4 is 16.1 Å². The summed E-state index contributed by atoms with van der Waals surface area (Å²) in [5.41, 5.74) is 1.18. The molecule has 0 aliphatic carbocycles. The first-order valence-corrected chi connectivity index (χ1v) is 6.46. The maximum Gasteiger partial charge on any atom is 0.349 e. The smallest absolute Gasteiger partial charge is 0.338 e. The van der Waals surface area contributed by atoms with E-state index in [0.29, 0.717) is 0 Å². The molecule has 5 heteroatoms. The minimum absolute atomic E-state index is 0.0275. The van der Waals surface area contributed by atoms with Gasteiger partial charge in [-0.1, -0.05) is 23.8 Å². The van der Waals surface area contributed by atoms with E-state index in [1.165, 1.54) is 25.1 Å². The Balaban J connectivity index is 2.97. The number of benzene rings is 1. The maximum absolute atomic E-state index is 11.7. The van der Waals surface area contributed by atoms with E-state index in [4.69, 9.17) is 0 Å². The van der Waals surface area contributed by atoms with Gasteiger partial charge in [-0.2, -0.15) is 8.42 Å². The van der Waals surface area contributed by atoms with Crippen molar-refractivity contribution in [2.24, 2.45) is 0 Å². The Labute approximate surface area is 101 Å². The molecule has 0 aliphatic heterocycles. The predicted molar refractivity (Wildman–Crippen MR) is 63.9 cm³/mol. The number of rotatable bonds is 3. The molecular weight excluding hydrogens is 240 g/mol. The van der Waals surface area contributed by atoms with Crippen LogP contribution >= 0.6 is 0 Å². The molecular formula is C12H14O4S. The first-order chi connectivity index (χ1) is 7.86. The van der Waals surface area contributed by atoms with E-state index in [1.54, 1.807) is 19.1 Å². The first kappa shape index (κ1) is 13.4. The lowest BCUT2D eigenvalue weighted by molar-refractivity contribution is -0.129. The second-order valence-corrected chi connectivity index (χ2v) is 5.16. The summed E-state index contributed by atoms with van der Waals surface area (Å²) in [7, 11) is -4.02. The topological polar surface area (TPSA) is 60.4 Å². The summed E-state index contributed by atoms with van der Waals surface area (Å²) < 4.78 is 27.9. The molecule has 0 radical (unpaired) electrons. The lowest BCUT2D eigenvalue weighted by Crippen LogP contribution is -2.14. The fourth-order valence-corrected chi connectivity index (χ4v) is 1.93. The second-order valence-electron chi connectivity index (χ2n) is 3.61. The molecule has 0 saturated carbocycles. The molecule has 1 aromatic rings. The molecule has 0 heterocycles. The number of hydrogen-bond donors (Lipinski definition) is 0. The molecule has 0 amide bonds. The molecule has 92 valence electrons. The molecule has 0 fully saturated rings. The maximum atomic E-state index is 11.7. The van der Waals surface area contributed by atoms with Gasteiger partial charge in [-0.05, 0) is 32.9 Å². The Kier molecular flexibility index (Phi) is 4.07. The van der Waals surface area contributed by atoms with E-state index in [9.17, 15) is 13.2 Å². The number of hydrogen-bond acceptors (Lipinski definition) is 4. The normalized spacial score (nSPS) is 12.3. The third kappa shape index (κ3) is 3.42. The summed E-state index contributed by atoms with van der Waals surface area (Å²) in [4.78, 5) is 11.3. The Morgan fingerprint density at radius 3 is 2.24 bits per heavy atom. The SMILES string of the molecule is CC=C(C)C(=O)OS(=O)(=O)c1ccc(C)cc1. The zero-order valence-electron chi connectivity index (χ0n) is 9.93. The summed E-state index contributed by atoms with van der Waals surface area (Å²) in [5, 5.41) is 0. The van der Waals surface area contributed by atoms with Gasteiger partial charge in [-0.25, -0.2) is 4.79 Å². The van der Waals surface area contributed by atoms with Crippen LogP contribution in [0.3, 0.4) is 0 Å². The van der Waals surface area contributed by atoms with Crippen molar-refractivity contribution in [1.82, 2.24) is 0 Å². The van der Waals surface area contributed by atoms with Crippen LogP contribution in [-0.2, 0) is 19.1 Å². The molecule has 0 saturated heterocycles. The van der Waals surface area contributed by atoms with Crippen LogP contribution in [0.5, 0.6) is 0 Å². The van der Waals surface area contributed by atoms with Crippen LogP contribution in [0.2, 0.25) is 0 Å². The van der Waals surface area contributed by atoms with Crippen molar-refractivity contribution in [3.63, 3.8) is 0 Å². The van der Waals surface area contributed by atoms with Gasteiger partial charge in [0.15, 0.2) is 0 Å². The van der Waals surface area contributed by atoms with Gasteiger partial charge in [0.25, 0.3) is 0 Å². The quantitative estimate of drug-likeness (QED) is 0.613. The van der Waals surface area contributed by atoms with Crippen molar-refractivity contribution in [3.8, 4) is 0 Å². The Hall–Kier alpha value is -1.62. The highest BCUT2D eigenvalue weighted by molar-refractivity contribution is 7.87. The van der Waals surface area contributed by atoms with Crippen molar-refractivity contribution < 1.29 is 17.4 Å². The highest BCUT2D eigenvalue weighted by Gasteiger charge is 2.20. The molecule has 1 aromatic carbocycles. The van der Waals surface area contributed by atoms with E-state index in [0.717, 1.165) is 5.56 Å². The summed E-state index contributed by atoms with van der Waals surface area (Å²) in [6.45, 7) is 4.97. The summed E-state index contributed by atoms with van der Waals surface area (Å²) in [5.74, 6) is -0.854. The van der Waals surface area contributed by atoms with E-state index in [-0.39, 0.29) is 10.5 Å². The van der Waals surface area contributed by atoms with Crippen LogP contribution in [0, 0.1) is 6.92 Å². The van der Waals surface area contributed by atoms with Gasteiger partial charge in [0.05, 0.1) is 0 Å². The molecule has 4 nitrogen and oxygen atoms in total. The largest absolute Gasteiger partial charge is 0.349 e. The lowest BCUT2D eigenvalue weighted by Gasteiger charge is -2.05. The molecule has 0 aliphatic rings. The van der Waals surface area contributed by atoms with Crippen molar-refractivity contribution in [1.29, 1.82) is 0 Å². The highest BCUT2D eigenvalue weighted by Crippen LogP contribution is 2.14. The molecule has 17 heavy (non-hydrogen) atoms. The van der Waals surface area contributed by atoms with E-state index in [1.807, 2.05) is 6.92 Å². The van der Waals surface area contributed by atoms with E-state index < -0.39 is 16.1 Å². The third-order valence-corrected chi connectivity index (χ3v) is 3.47. The summed E-state index contributed by atoms with van der Waals surface area (Å²) in [6, 6.07) is 6.10. The highest BCUT2D eigenvalue weighted by atomic mass is 32.2. The number of allylic oxidation sites excluding steroid dienone is 1. The number of carbonyl (C=O) groups excluding carboxylic acids is 1. The monoisotopic (exact) mass is 254 g/mol. The minimum atomic E-state index is -4.02. The van der Waals surface area contributed by atoms with Crippen molar-refractivity contribution in [2.45, 2.75) is 25.7 Å². The average molecular weight is 254 g/mol. The van der Waals surface area contributed by atoms with Gasteiger partial charge in [0, 0.05) is 5.57 Å². The Bertz CT molecular complexity index is 538. The number of aryl methyl sites for hydroxylation is 1. The van der Waals surface area contributed by atoms with Gasteiger partial charge in [-0.15, -0.1) is 0 Å². The van der Waals surface area contributed by atoms with Crippen molar-refractivity contribution in [3.05, 3.63) is 41.5 Å². The predicted octanol–water partition coefficient (Wildman–Crippen LogP) is 2.19. The van der Waals surface area contributed by atoms with Crippen LogP contribution in [-0.4, -0.2) is 14.4 Å². The molecule has 1 rings (SSSR count). The molecule has 0 unspecified atom stereocenters. The standard InChI is InChI=1S/C12H14O4S/c1-4-10(3)12(13)16-17(14,15)11-7-5-9(2)6-8-11/h4-8H,1-3H3. The molecule has 0 aromatic heterocycles. The fraction of sp³-hybridized carbons (Fsp3) is 0.250. The molecule has 0 atom stereocenters. The Morgan fingerprint density at radius 1 is 1.24 bits per heavy atom. The zero-order chi connectivity index (χ0) is 13.1. The van der Waals surface area contributed by atoms with E-state index >= 15 is 0 Å². The van der Waals surface area contributed by atoms with Gasteiger partial charge >= 0.3 is 16.1 Å². The average Bonchev–Trinajstić information content (AvgIpc) is 2.27. The van der Waals surface area contributed by atoms with Crippen LogP contribution in [0.15, 0.2) is 40.8 Å². The summed E-state index contributed by atoms with van der Waals surface area (Å²) in [6.07, 6.45) is 1.49. The first-order valence-electron chi connectivity index (χ1n) is 5.05. The fourth-order valence-electron chi connectivity index (χ4n) is 1.04. The van der Waals surface area contributed by atoms with Crippen LogP contribution in [0.1, 0.15) is 19.4 Å². The lowest BCUT2D eigenvalue weighted by atomic mass is 10.2. The minimum Gasteiger partial charge on any atom is -0.338 e. The molecule has 0 N–H and O–H groups in total. The zero-order valence-corrected chi connectivity index (χ0v) is 10.7. The third-order valence-electron chi connectivity index (χ3n) is 2.25.